The van der Waals surface area contributed by atoms with Gasteiger partial charge in [-0.3, -0.25) is 19.2 Å². The molecule has 0 aliphatic heterocycles. The number of carbonyl (C=O) groups excluding carboxylic acids is 3. The lowest BCUT2D eigenvalue weighted by Crippen LogP contribution is -2.58. The summed E-state index contributed by atoms with van der Waals surface area (Å²) in [7, 11) is 0. The maximum absolute atomic E-state index is 12.8. The Kier molecular flexibility index (Phi) is 11.4. The van der Waals surface area contributed by atoms with Gasteiger partial charge in [0.05, 0.1) is 13.2 Å². The molecule has 188 valence electrons. The summed E-state index contributed by atoms with van der Waals surface area (Å²) in [6.45, 7) is -1.59. The third-order valence-corrected chi connectivity index (χ3v) is 4.62. The molecule has 4 unspecified atom stereocenters. The molecule has 14 heteroatoms. The van der Waals surface area contributed by atoms with Gasteiger partial charge in [-0.1, -0.05) is 12.1 Å². The molecule has 0 fully saturated rings. The summed E-state index contributed by atoms with van der Waals surface area (Å²) in [5, 5.41) is 52.5. The highest BCUT2D eigenvalue weighted by molar-refractivity contribution is 5.94. The average molecular weight is 484 g/mol. The van der Waals surface area contributed by atoms with E-state index in [0.717, 1.165) is 0 Å². The second kappa shape index (κ2) is 13.7. The van der Waals surface area contributed by atoms with Gasteiger partial charge in [-0.05, 0) is 24.1 Å². The standard InChI is InChI=1S/C20H28N4O10/c21-12(8-25)17(30)24-15(9-26)19(32)23-14(7-10-1-3-11(27)4-2-10)18(31)22-13(20(33)34)5-6-16(28)29/h1-4,12-15,25-27H,5-9,21H2,(H,22,31)(H,23,32)(H,24,30)(H,28,29)(H,33,34). The van der Waals surface area contributed by atoms with E-state index in [0.29, 0.717) is 5.56 Å². The van der Waals surface area contributed by atoms with Gasteiger partial charge in [0, 0.05) is 12.8 Å². The smallest absolute Gasteiger partial charge is 0.326 e. The van der Waals surface area contributed by atoms with E-state index >= 15 is 0 Å². The number of phenolic OH excluding ortho intramolecular Hbond substituents is 1. The molecule has 0 heterocycles. The van der Waals surface area contributed by atoms with Gasteiger partial charge < -0.3 is 47.2 Å². The number of benzene rings is 1. The molecule has 34 heavy (non-hydrogen) atoms. The molecule has 0 radical (unpaired) electrons. The van der Waals surface area contributed by atoms with Crippen LogP contribution in [-0.4, -0.2) is 92.6 Å². The van der Waals surface area contributed by atoms with Crippen molar-refractivity contribution in [3.63, 3.8) is 0 Å². The number of aromatic hydroxyl groups is 1. The number of aliphatic carboxylic acids is 2. The number of aliphatic hydroxyl groups excluding tert-OH is 2. The van der Waals surface area contributed by atoms with Crippen LogP contribution in [0.25, 0.3) is 0 Å². The van der Waals surface area contributed by atoms with Crippen LogP contribution in [0, 0.1) is 0 Å². The normalized spacial score (nSPS) is 14.2. The van der Waals surface area contributed by atoms with E-state index in [4.69, 9.17) is 15.9 Å². The van der Waals surface area contributed by atoms with E-state index in [9.17, 15) is 39.3 Å². The molecule has 1 aromatic rings. The maximum atomic E-state index is 12.8. The Hall–Kier alpha value is -3.75. The van der Waals surface area contributed by atoms with Crippen molar-refractivity contribution in [2.24, 2.45) is 5.73 Å². The molecule has 14 nitrogen and oxygen atoms in total. The summed E-state index contributed by atoms with van der Waals surface area (Å²) in [6.07, 6.45) is -1.12. The van der Waals surface area contributed by atoms with E-state index in [1.165, 1.54) is 24.3 Å². The number of carboxylic acid groups (broad SMARTS) is 2. The van der Waals surface area contributed by atoms with Crippen LogP contribution in [-0.2, 0) is 30.4 Å². The summed E-state index contributed by atoms with van der Waals surface area (Å²) in [5.41, 5.74) is 5.82. The number of amides is 3. The zero-order chi connectivity index (χ0) is 25.8. The van der Waals surface area contributed by atoms with Gasteiger partial charge in [-0.15, -0.1) is 0 Å². The largest absolute Gasteiger partial charge is 0.508 e. The molecule has 1 rings (SSSR count). The van der Waals surface area contributed by atoms with Crippen LogP contribution >= 0.6 is 0 Å². The van der Waals surface area contributed by atoms with Gasteiger partial charge in [0.25, 0.3) is 0 Å². The predicted octanol–water partition coefficient (Wildman–Crippen LogP) is -3.35. The highest BCUT2D eigenvalue weighted by Gasteiger charge is 2.30. The molecule has 3 amide bonds. The van der Waals surface area contributed by atoms with Crippen molar-refractivity contribution in [1.29, 1.82) is 0 Å². The van der Waals surface area contributed by atoms with Crippen molar-refractivity contribution >= 4 is 29.7 Å². The predicted molar refractivity (Wildman–Crippen MR) is 114 cm³/mol. The number of carbonyl (C=O) groups is 5. The van der Waals surface area contributed by atoms with E-state index in [2.05, 4.69) is 16.0 Å². The Balaban J connectivity index is 3.06. The van der Waals surface area contributed by atoms with Crippen molar-refractivity contribution in [3.05, 3.63) is 29.8 Å². The Morgan fingerprint density at radius 1 is 0.794 bits per heavy atom. The van der Waals surface area contributed by atoms with Gasteiger partial charge in [0.2, 0.25) is 17.7 Å². The van der Waals surface area contributed by atoms with E-state index in [-0.39, 0.29) is 12.2 Å². The summed E-state index contributed by atoms with van der Waals surface area (Å²) in [5.74, 6) is -5.71. The lowest BCUT2D eigenvalue weighted by atomic mass is 10.0. The van der Waals surface area contributed by atoms with Crippen LogP contribution in [0.3, 0.4) is 0 Å². The van der Waals surface area contributed by atoms with E-state index in [1.807, 2.05) is 0 Å². The molecule has 10 N–H and O–H groups in total. The van der Waals surface area contributed by atoms with E-state index in [1.54, 1.807) is 0 Å². The summed E-state index contributed by atoms with van der Waals surface area (Å²) >= 11 is 0. The van der Waals surface area contributed by atoms with Crippen LogP contribution in [0.4, 0.5) is 0 Å². The second-order valence-electron chi connectivity index (χ2n) is 7.30. The third kappa shape index (κ3) is 9.40. The van der Waals surface area contributed by atoms with Crippen molar-refractivity contribution in [1.82, 2.24) is 16.0 Å². The van der Waals surface area contributed by atoms with Gasteiger partial charge in [0.15, 0.2) is 0 Å². The first kappa shape index (κ1) is 28.3. The zero-order valence-corrected chi connectivity index (χ0v) is 18.0. The number of carboxylic acids is 2. The lowest BCUT2D eigenvalue weighted by molar-refractivity contribution is -0.143. The topological polar surface area (TPSA) is 249 Å². The fourth-order valence-electron chi connectivity index (χ4n) is 2.70. The Morgan fingerprint density at radius 2 is 1.32 bits per heavy atom. The van der Waals surface area contributed by atoms with Crippen molar-refractivity contribution in [2.45, 2.75) is 43.4 Å². The van der Waals surface area contributed by atoms with Crippen LogP contribution < -0.4 is 21.7 Å². The fourth-order valence-corrected chi connectivity index (χ4v) is 2.70. The zero-order valence-electron chi connectivity index (χ0n) is 18.0. The molecule has 1 aromatic carbocycles. The first-order valence-electron chi connectivity index (χ1n) is 10.1. The molecule has 0 aromatic heterocycles. The minimum atomic E-state index is -1.56. The number of hydrogen-bond donors (Lipinski definition) is 9. The Bertz CT molecular complexity index is 877. The molecule has 0 saturated heterocycles. The average Bonchev–Trinajstić information content (AvgIpc) is 2.79. The molecular weight excluding hydrogens is 456 g/mol. The summed E-state index contributed by atoms with van der Waals surface area (Å²) < 4.78 is 0. The van der Waals surface area contributed by atoms with Crippen molar-refractivity contribution < 1.29 is 49.5 Å². The number of phenols is 1. The molecule has 0 spiro atoms. The number of hydrogen-bond acceptors (Lipinski definition) is 9. The van der Waals surface area contributed by atoms with Gasteiger partial charge in [0.1, 0.15) is 29.9 Å². The highest BCUT2D eigenvalue weighted by Crippen LogP contribution is 2.12. The van der Waals surface area contributed by atoms with Gasteiger partial charge in [-0.25, -0.2) is 4.79 Å². The molecule has 0 aliphatic carbocycles. The highest BCUT2D eigenvalue weighted by atomic mass is 16.4. The SMILES string of the molecule is NC(CO)C(=O)NC(CO)C(=O)NC(Cc1ccc(O)cc1)C(=O)NC(CCC(=O)O)C(=O)O. The monoisotopic (exact) mass is 484 g/mol. The first-order valence-corrected chi connectivity index (χ1v) is 10.1. The first-order chi connectivity index (χ1) is 16.0. The van der Waals surface area contributed by atoms with E-state index < -0.39 is 79.9 Å². The molecule has 0 aliphatic rings. The van der Waals surface area contributed by atoms with Crippen LogP contribution in [0.15, 0.2) is 24.3 Å². The second-order valence-corrected chi connectivity index (χ2v) is 7.30. The molecule has 0 bridgehead atoms. The number of aliphatic hydroxyl groups is 2. The number of nitrogens with one attached hydrogen (secondary N) is 3. The Morgan fingerprint density at radius 3 is 1.82 bits per heavy atom. The molecule has 4 atom stereocenters. The van der Waals surface area contributed by atoms with Crippen LogP contribution in [0.1, 0.15) is 18.4 Å². The number of nitrogens with two attached hydrogens (primary N) is 1. The number of rotatable bonds is 14. The van der Waals surface area contributed by atoms with Crippen LogP contribution in [0.5, 0.6) is 5.75 Å². The van der Waals surface area contributed by atoms with Crippen molar-refractivity contribution in [2.75, 3.05) is 13.2 Å². The van der Waals surface area contributed by atoms with Crippen LogP contribution in [0.2, 0.25) is 0 Å². The Labute approximate surface area is 193 Å². The minimum absolute atomic E-state index is 0.0586. The third-order valence-electron chi connectivity index (χ3n) is 4.62. The van der Waals surface area contributed by atoms with Crippen molar-refractivity contribution in [3.8, 4) is 5.75 Å². The fraction of sp³-hybridized carbons (Fsp3) is 0.450. The lowest BCUT2D eigenvalue weighted by Gasteiger charge is -2.24. The molecule has 0 saturated carbocycles. The summed E-state index contributed by atoms with van der Waals surface area (Å²) in [6, 6.07) is -0.303. The van der Waals surface area contributed by atoms with Gasteiger partial charge in [-0.2, -0.15) is 0 Å². The van der Waals surface area contributed by atoms with Gasteiger partial charge >= 0.3 is 11.9 Å². The minimum Gasteiger partial charge on any atom is -0.508 e. The maximum Gasteiger partial charge on any atom is 0.326 e. The summed E-state index contributed by atoms with van der Waals surface area (Å²) in [4.78, 5) is 59.4. The molecular formula is C20H28N4O10. The quantitative estimate of drug-likeness (QED) is 0.126.